The Balaban J connectivity index is 2.21. The van der Waals surface area contributed by atoms with Crippen molar-refractivity contribution in [2.24, 2.45) is 0 Å². The summed E-state index contributed by atoms with van der Waals surface area (Å²) < 4.78 is 2.91. The Morgan fingerprint density at radius 1 is 1.12 bits per heavy atom. The van der Waals surface area contributed by atoms with Gasteiger partial charge >= 0.3 is 110 Å². The molecular weight excluding hydrogens is 352 g/mol. The Hall–Kier alpha value is 0.433. The van der Waals surface area contributed by atoms with E-state index in [1.807, 2.05) is 34.3 Å². The van der Waals surface area contributed by atoms with E-state index in [2.05, 4.69) is 10.6 Å². The fourth-order valence-electron chi connectivity index (χ4n) is 1.21. The Bertz CT molecular complexity index is 465. The van der Waals surface area contributed by atoms with Crippen LogP contribution in [-0.2, 0) is 11.9 Å². The Labute approximate surface area is 110 Å². The van der Waals surface area contributed by atoms with Crippen molar-refractivity contribution >= 4 is 39.4 Å². The average molecular weight is 364 g/mol. The van der Waals surface area contributed by atoms with Crippen LogP contribution >= 0.6 is 31.1 Å². The molecule has 1 heterocycles. The second kappa shape index (κ2) is 5.86. The molecule has 0 aliphatic carbocycles. The molecule has 0 atom stereocenters. The van der Waals surface area contributed by atoms with Crippen LogP contribution in [-0.4, -0.2) is 21.4 Å². The molecule has 16 heavy (non-hydrogen) atoms. The topological polar surface area (TPSA) is 24.1 Å². The van der Waals surface area contributed by atoms with E-state index in [1.54, 1.807) is 11.8 Å². The van der Waals surface area contributed by atoms with Crippen LogP contribution < -0.4 is 10.6 Å². The molecule has 2 nitrogen and oxygen atoms in total. The number of hydrogen-bond donors (Lipinski definition) is 2. The minimum atomic E-state index is -2.81. The summed E-state index contributed by atoms with van der Waals surface area (Å²) in [5.74, 6) is 0. The maximum atomic E-state index is 6.39. The normalized spacial score (nSPS) is 17.5. The molecular formula is C10H12Cl2N2RuS. The van der Waals surface area contributed by atoms with Gasteiger partial charge in [0.1, 0.15) is 0 Å². The molecule has 0 unspecified atom stereocenters. The standard InChI is InChI=1S/C7H6S.C3H6N2.2ClH.Ru/c1-8-7-5-3-2-4-6-7;1-2-5-3-4-1;;;/h1-6H;4-5H,1-2H2;2*1H;/q;;;;+2/p-2. The number of hydrogen-bond acceptors (Lipinski definition) is 3. The summed E-state index contributed by atoms with van der Waals surface area (Å²) >= 11 is -1.21. The third-order valence-electron chi connectivity index (χ3n) is 1.94. The van der Waals surface area contributed by atoms with Crippen molar-refractivity contribution in [2.45, 2.75) is 4.90 Å². The summed E-state index contributed by atoms with van der Waals surface area (Å²) in [4.78, 5) is 1.16. The fourth-order valence-corrected chi connectivity index (χ4v) is 7.39. The maximum absolute atomic E-state index is 6.39. The Morgan fingerprint density at radius 2 is 1.75 bits per heavy atom. The molecule has 2 N–H and O–H groups in total. The predicted molar refractivity (Wildman–Crippen MR) is 71.1 cm³/mol. The van der Waals surface area contributed by atoms with Gasteiger partial charge in [-0.25, -0.2) is 0 Å². The van der Waals surface area contributed by atoms with E-state index in [0.717, 1.165) is 22.3 Å². The molecule has 0 spiro atoms. The van der Waals surface area contributed by atoms with Crippen LogP contribution in [0.4, 0.5) is 0 Å². The summed E-state index contributed by atoms with van der Waals surface area (Å²) in [6, 6.07) is 10.1. The van der Waals surface area contributed by atoms with Crippen molar-refractivity contribution in [1.82, 2.24) is 10.6 Å². The molecule has 0 bridgehead atoms. The van der Waals surface area contributed by atoms with Gasteiger partial charge < -0.3 is 0 Å². The molecule has 6 heteroatoms. The van der Waals surface area contributed by atoms with Crippen LogP contribution in [0.25, 0.3) is 0 Å². The molecule has 0 aromatic heterocycles. The fraction of sp³-hybridized carbons (Fsp3) is 0.200. The minimum absolute atomic E-state index is 0.904. The van der Waals surface area contributed by atoms with Crippen molar-refractivity contribution in [2.75, 3.05) is 13.1 Å². The average Bonchev–Trinajstić information content (AvgIpc) is 2.82. The van der Waals surface area contributed by atoms with Crippen LogP contribution in [0.1, 0.15) is 0 Å². The predicted octanol–water partition coefficient (Wildman–Crippen LogP) is 2.28. The van der Waals surface area contributed by atoms with E-state index in [-0.39, 0.29) is 0 Å². The van der Waals surface area contributed by atoms with E-state index in [1.165, 1.54) is 0 Å². The molecule has 0 saturated carbocycles. The molecule has 1 saturated heterocycles. The molecule has 0 amide bonds. The quantitative estimate of drug-likeness (QED) is 0.622. The number of thioether (sulfide) groups is 1. The first-order valence-electron chi connectivity index (χ1n) is 4.71. The first-order chi connectivity index (χ1) is 7.68. The van der Waals surface area contributed by atoms with E-state index >= 15 is 0 Å². The van der Waals surface area contributed by atoms with E-state index in [4.69, 9.17) is 19.4 Å². The Morgan fingerprint density at radius 3 is 2.38 bits per heavy atom. The first kappa shape index (κ1) is 12.9. The zero-order valence-electron chi connectivity index (χ0n) is 8.40. The molecule has 1 aliphatic rings. The van der Waals surface area contributed by atoms with Gasteiger partial charge in [0.2, 0.25) is 0 Å². The van der Waals surface area contributed by atoms with Gasteiger partial charge in [0.05, 0.1) is 0 Å². The summed E-state index contributed by atoms with van der Waals surface area (Å²) in [5, 5.41) is 6.41. The number of rotatable bonds is 2. The second-order valence-electron chi connectivity index (χ2n) is 3.11. The summed E-state index contributed by atoms with van der Waals surface area (Å²) in [6.45, 7) is 1.81. The molecule has 90 valence electrons. The zero-order chi connectivity index (χ0) is 11.4. The molecule has 1 aliphatic heterocycles. The van der Waals surface area contributed by atoms with Gasteiger partial charge in [-0.2, -0.15) is 0 Å². The molecule has 1 fully saturated rings. The third kappa shape index (κ3) is 3.46. The van der Waals surface area contributed by atoms with Crippen molar-refractivity contribution in [1.29, 1.82) is 0 Å². The Kier molecular flexibility index (Phi) is 4.71. The SMILES string of the molecule is [Cl][Ru]([Cl])(=[CH]Sc1ccccc1)=[C]1NCCN1. The van der Waals surface area contributed by atoms with E-state index < -0.39 is 11.9 Å². The second-order valence-corrected chi connectivity index (χ2v) is 14.0. The molecule has 0 radical (unpaired) electrons. The summed E-state index contributed by atoms with van der Waals surface area (Å²) in [5.41, 5.74) is 0. The van der Waals surface area contributed by atoms with Crippen LogP contribution in [0.5, 0.6) is 0 Å². The first-order valence-corrected chi connectivity index (χ1v) is 11.9. The molecule has 2 rings (SSSR count). The third-order valence-corrected chi connectivity index (χ3v) is 10.5. The van der Waals surface area contributed by atoms with E-state index in [0.29, 0.717) is 0 Å². The molecule has 1 aromatic carbocycles. The van der Waals surface area contributed by atoms with Crippen molar-refractivity contribution < 1.29 is 11.9 Å². The van der Waals surface area contributed by atoms with Crippen molar-refractivity contribution in [3.8, 4) is 0 Å². The molecule has 1 aromatic rings. The van der Waals surface area contributed by atoms with Crippen LogP contribution in [0.3, 0.4) is 0 Å². The van der Waals surface area contributed by atoms with Crippen molar-refractivity contribution in [3.63, 3.8) is 0 Å². The van der Waals surface area contributed by atoms with Gasteiger partial charge in [0, 0.05) is 0 Å². The summed E-state index contributed by atoms with van der Waals surface area (Å²) in [7, 11) is 12.8. The van der Waals surface area contributed by atoms with E-state index in [9.17, 15) is 0 Å². The van der Waals surface area contributed by atoms with Crippen molar-refractivity contribution in [3.05, 3.63) is 30.3 Å². The monoisotopic (exact) mass is 364 g/mol. The van der Waals surface area contributed by atoms with Crippen LogP contribution in [0.15, 0.2) is 35.2 Å². The van der Waals surface area contributed by atoms with Crippen LogP contribution in [0.2, 0.25) is 0 Å². The number of halogens is 2. The van der Waals surface area contributed by atoms with Gasteiger partial charge in [0.15, 0.2) is 0 Å². The zero-order valence-corrected chi connectivity index (χ0v) is 12.5. The number of nitrogens with one attached hydrogen (secondary N) is 2. The van der Waals surface area contributed by atoms with Gasteiger partial charge in [-0.3, -0.25) is 0 Å². The summed E-state index contributed by atoms with van der Waals surface area (Å²) in [6.07, 6.45) is 0. The van der Waals surface area contributed by atoms with Crippen LogP contribution in [0, 0.1) is 0 Å². The number of benzene rings is 1. The van der Waals surface area contributed by atoms with Gasteiger partial charge in [-0.05, 0) is 0 Å². The van der Waals surface area contributed by atoms with Gasteiger partial charge in [0.25, 0.3) is 0 Å². The van der Waals surface area contributed by atoms with Gasteiger partial charge in [-0.1, -0.05) is 0 Å². The van der Waals surface area contributed by atoms with Gasteiger partial charge in [-0.15, -0.1) is 0 Å².